The zero-order chi connectivity index (χ0) is 17.8. The molecule has 0 unspecified atom stereocenters. The Bertz CT molecular complexity index is 838. The Morgan fingerprint density at radius 2 is 1.84 bits per heavy atom. The number of hydrogen-bond donors (Lipinski definition) is 0. The highest BCUT2D eigenvalue weighted by Gasteiger charge is 2.25. The Hall–Kier alpha value is -2.87. The first-order valence-electron chi connectivity index (χ1n) is 7.43. The number of aromatic nitrogens is 2. The summed E-state index contributed by atoms with van der Waals surface area (Å²) in [5.41, 5.74) is 0.206. The smallest absolute Gasteiger partial charge is 0.346 e. The van der Waals surface area contributed by atoms with Crippen molar-refractivity contribution in [1.82, 2.24) is 10.2 Å². The highest BCUT2D eigenvalue weighted by Crippen LogP contribution is 2.31. The van der Waals surface area contributed by atoms with Crippen LogP contribution >= 0.6 is 11.3 Å². The lowest BCUT2D eigenvalue weighted by Gasteiger charge is -2.14. The predicted molar refractivity (Wildman–Crippen MR) is 91.0 cm³/mol. The third-order valence-electron chi connectivity index (χ3n) is 3.44. The van der Waals surface area contributed by atoms with Crippen LogP contribution in [-0.4, -0.2) is 30.4 Å². The van der Waals surface area contributed by atoms with Crippen LogP contribution < -0.4 is 9.47 Å². The molecule has 25 heavy (non-hydrogen) atoms. The summed E-state index contributed by atoms with van der Waals surface area (Å²) in [4.78, 5) is 13.4. The van der Waals surface area contributed by atoms with E-state index < -0.39 is 12.1 Å². The van der Waals surface area contributed by atoms with Gasteiger partial charge in [0.2, 0.25) is 0 Å². The van der Waals surface area contributed by atoms with Gasteiger partial charge in [-0.25, -0.2) is 4.79 Å². The first-order valence-corrected chi connectivity index (χ1v) is 8.31. The second-order valence-electron chi connectivity index (χ2n) is 5.01. The van der Waals surface area contributed by atoms with E-state index in [-0.39, 0.29) is 11.5 Å². The fraction of sp³-hybridized carbons (Fsp3) is 0.235. The van der Waals surface area contributed by atoms with Gasteiger partial charge in [0, 0.05) is 0 Å². The second-order valence-corrected chi connectivity index (χ2v) is 5.96. The number of methoxy groups -OCH3 is 2. The van der Waals surface area contributed by atoms with Crippen molar-refractivity contribution < 1.29 is 23.4 Å². The molecular weight excluding hydrogens is 344 g/mol. The van der Waals surface area contributed by atoms with Gasteiger partial charge in [0.1, 0.15) is 17.1 Å². The minimum absolute atomic E-state index is 0.206. The number of thiophene rings is 1. The Morgan fingerprint density at radius 1 is 1.12 bits per heavy atom. The van der Waals surface area contributed by atoms with Crippen molar-refractivity contribution >= 4 is 17.3 Å². The van der Waals surface area contributed by atoms with Crippen molar-refractivity contribution in [2.75, 3.05) is 14.2 Å². The zero-order valence-corrected chi connectivity index (χ0v) is 14.7. The van der Waals surface area contributed by atoms with Crippen molar-refractivity contribution in [3.63, 3.8) is 0 Å². The molecule has 0 amide bonds. The molecule has 0 spiro atoms. The molecule has 130 valence electrons. The first-order chi connectivity index (χ1) is 12.1. The highest BCUT2D eigenvalue weighted by atomic mass is 32.1. The molecule has 3 rings (SSSR count). The first kappa shape index (κ1) is 17.0. The maximum Gasteiger partial charge on any atom is 0.346 e. The molecule has 0 bridgehead atoms. The minimum atomic E-state index is -0.719. The van der Waals surface area contributed by atoms with Crippen LogP contribution in [0.25, 0.3) is 10.8 Å². The van der Waals surface area contributed by atoms with E-state index in [0.717, 1.165) is 4.88 Å². The molecule has 2 aromatic heterocycles. The van der Waals surface area contributed by atoms with Gasteiger partial charge < -0.3 is 18.6 Å². The summed E-state index contributed by atoms with van der Waals surface area (Å²) in [6.45, 7) is 1.66. The van der Waals surface area contributed by atoms with Crippen LogP contribution in [0.4, 0.5) is 0 Å². The maximum absolute atomic E-state index is 12.6. The van der Waals surface area contributed by atoms with Crippen LogP contribution in [0.15, 0.2) is 40.1 Å². The quantitative estimate of drug-likeness (QED) is 0.619. The van der Waals surface area contributed by atoms with E-state index in [2.05, 4.69) is 10.2 Å². The van der Waals surface area contributed by atoms with Gasteiger partial charge in [-0.3, -0.25) is 0 Å². The minimum Gasteiger partial charge on any atom is -0.496 e. The molecule has 0 aliphatic carbocycles. The molecule has 1 aromatic carbocycles. The Morgan fingerprint density at radius 3 is 2.44 bits per heavy atom. The molecular formula is C17H16N2O5S. The largest absolute Gasteiger partial charge is 0.496 e. The van der Waals surface area contributed by atoms with Gasteiger partial charge >= 0.3 is 5.97 Å². The fourth-order valence-electron chi connectivity index (χ4n) is 2.22. The number of nitrogens with zero attached hydrogens (tertiary/aromatic N) is 2. The lowest BCUT2D eigenvalue weighted by atomic mass is 10.1. The summed E-state index contributed by atoms with van der Waals surface area (Å²) in [6, 6.07) is 8.81. The van der Waals surface area contributed by atoms with Crippen molar-refractivity contribution in [2.45, 2.75) is 13.0 Å². The van der Waals surface area contributed by atoms with Crippen molar-refractivity contribution in [3.05, 3.63) is 47.2 Å². The molecule has 0 aliphatic rings. The molecule has 0 N–H and O–H groups in total. The molecule has 0 saturated heterocycles. The summed E-state index contributed by atoms with van der Waals surface area (Å²) >= 11 is 1.48. The molecule has 0 radical (unpaired) electrons. The van der Waals surface area contributed by atoms with E-state index in [0.29, 0.717) is 17.4 Å². The maximum atomic E-state index is 12.6. The lowest BCUT2D eigenvalue weighted by Crippen LogP contribution is -2.12. The van der Waals surface area contributed by atoms with Crippen LogP contribution in [0.1, 0.15) is 29.3 Å². The number of rotatable bonds is 6. The Labute approximate surface area is 148 Å². The van der Waals surface area contributed by atoms with Crippen molar-refractivity contribution in [3.8, 4) is 22.3 Å². The lowest BCUT2D eigenvalue weighted by molar-refractivity contribution is 0.0273. The molecule has 3 aromatic rings. The summed E-state index contributed by atoms with van der Waals surface area (Å²) in [5.74, 6) is 0.730. The summed E-state index contributed by atoms with van der Waals surface area (Å²) in [7, 11) is 2.95. The monoisotopic (exact) mass is 360 g/mol. The fourth-order valence-corrected chi connectivity index (χ4v) is 2.87. The van der Waals surface area contributed by atoms with Gasteiger partial charge in [-0.2, -0.15) is 0 Å². The van der Waals surface area contributed by atoms with Crippen LogP contribution in [0.3, 0.4) is 0 Å². The zero-order valence-electron chi connectivity index (χ0n) is 13.9. The van der Waals surface area contributed by atoms with Gasteiger partial charge in [-0.1, -0.05) is 12.1 Å². The topological polar surface area (TPSA) is 83.7 Å². The predicted octanol–water partition coefficient (Wildman–Crippen LogP) is 3.73. The van der Waals surface area contributed by atoms with E-state index in [1.165, 1.54) is 25.6 Å². The van der Waals surface area contributed by atoms with E-state index in [1.54, 1.807) is 25.1 Å². The normalized spacial score (nSPS) is 11.8. The molecule has 2 heterocycles. The van der Waals surface area contributed by atoms with Gasteiger partial charge in [0.05, 0.1) is 19.1 Å². The van der Waals surface area contributed by atoms with Crippen LogP contribution in [-0.2, 0) is 4.74 Å². The average Bonchev–Trinajstić information content (AvgIpc) is 3.31. The van der Waals surface area contributed by atoms with Gasteiger partial charge in [-0.05, 0) is 30.5 Å². The van der Waals surface area contributed by atoms with Crippen LogP contribution in [0.2, 0.25) is 0 Å². The Balaban J connectivity index is 1.80. The Kier molecular flexibility index (Phi) is 4.99. The standard InChI is InChI=1S/C17H16N2O5S/c1-10(15-18-19-16(24-15)13-8-5-9-25-13)23-17(20)14-11(21-2)6-4-7-12(14)22-3/h4-10H,1-3H3/t10-/m1/s1. The van der Waals surface area contributed by atoms with Gasteiger partial charge in [-0.15, -0.1) is 21.5 Å². The van der Waals surface area contributed by atoms with Gasteiger partial charge in [0.25, 0.3) is 11.8 Å². The average molecular weight is 360 g/mol. The van der Waals surface area contributed by atoms with Crippen molar-refractivity contribution in [2.24, 2.45) is 0 Å². The number of esters is 1. The number of carbonyl (C=O) groups is 1. The molecule has 8 heteroatoms. The van der Waals surface area contributed by atoms with Crippen LogP contribution in [0, 0.1) is 0 Å². The van der Waals surface area contributed by atoms with E-state index >= 15 is 0 Å². The molecule has 0 aliphatic heterocycles. The van der Waals surface area contributed by atoms with Crippen LogP contribution in [0.5, 0.6) is 11.5 Å². The van der Waals surface area contributed by atoms with Crippen molar-refractivity contribution in [1.29, 1.82) is 0 Å². The summed E-state index contributed by atoms with van der Waals surface area (Å²) in [6.07, 6.45) is -0.719. The number of benzene rings is 1. The number of carbonyl (C=O) groups excluding carboxylic acids is 1. The van der Waals surface area contributed by atoms with Gasteiger partial charge in [0.15, 0.2) is 6.10 Å². The highest BCUT2D eigenvalue weighted by molar-refractivity contribution is 7.13. The third-order valence-corrected chi connectivity index (χ3v) is 4.29. The van der Waals surface area contributed by atoms with E-state index in [1.807, 2.05) is 17.5 Å². The summed E-state index contributed by atoms with van der Waals surface area (Å²) in [5, 5.41) is 9.85. The molecule has 0 saturated carbocycles. The third kappa shape index (κ3) is 3.48. The number of hydrogen-bond acceptors (Lipinski definition) is 8. The number of ether oxygens (including phenoxy) is 3. The molecule has 0 fully saturated rings. The second kappa shape index (κ2) is 7.35. The SMILES string of the molecule is COc1cccc(OC)c1C(=O)O[C@H](C)c1nnc(-c2cccs2)o1. The van der Waals surface area contributed by atoms with E-state index in [4.69, 9.17) is 18.6 Å². The van der Waals surface area contributed by atoms with E-state index in [9.17, 15) is 4.79 Å². The molecule has 7 nitrogen and oxygen atoms in total. The molecule has 1 atom stereocenters. The summed E-state index contributed by atoms with van der Waals surface area (Å²) < 4.78 is 21.5.